The van der Waals surface area contributed by atoms with Gasteiger partial charge in [0.2, 0.25) is 10.0 Å². The number of anilines is 1. The van der Waals surface area contributed by atoms with Crippen molar-refractivity contribution in [3.8, 4) is 0 Å². The van der Waals surface area contributed by atoms with Crippen LogP contribution in [0.4, 0.5) is 5.69 Å². The highest BCUT2D eigenvalue weighted by Crippen LogP contribution is 2.22. The number of carbonyl (C=O) groups is 2. The van der Waals surface area contributed by atoms with Crippen LogP contribution in [0.1, 0.15) is 29.6 Å². The molecule has 29 heavy (non-hydrogen) atoms. The van der Waals surface area contributed by atoms with Crippen molar-refractivity contribution in [1.82, 2.24) is 9.29 Å². The number of pyridine rings is 1. The van der Waals surface area contributed by atoms with E-state index in [-0.39, 0.29) is 15.6 Å². The number of aromatic nitrogens is 1. The highest BCUT2D eigenvalue weighted by atomic mass is 35.5. The summed E-state index contributed by atoms with van der Waals surface area (Å²) >= 11 is 5.81. The van der Waals surface area contributed by atoms with Crippen molar-refractivity contribution >= 4 is 39.2 Å². The molecule has 0 unspecified atom stereocenters. The zero-order valence-electron chi connectivity index (χ0n) is 15.5. The van der Waals surface area contributed by atoms with E-state index in [1.807, 2.05) is 0 Å². The van der Waals surface area contributed by atoms with Gasteiger partial charge in [0.15, 0.2) is 6.61 Å². The number of nitrogens with zero attached hydrogens (tertiary/aromatic N) is 2. The molecule has 2 heterocycles. The Balaban J connectivity index is 1.56. The van der Waals surface area contributed by atoms with E-state index in [0.717, 1.165) is 19.3 Å². The number of piperidine rings is 1. The smallest absolute Gasteiger partial charge is 0.341 e. The Kier molecular flexibility index (Phi) is 6.83. The summed E-state index contributed by atoms with van der Waals surface area (Å²) in [4.78, 5) is 27.9. The summed E-state index contributed by atoms with van der Waals surface area (Å²) in [5, 5.41) is 2.54. The lowest BCUT2D eigenvalue weighted by atomic mass is 10.2. The molecule has 1 aromatic heterocycles. The van der Waals surface area contributed by atoms with Gasteiger partial charge in [0, 0.05) is 25.0 Å². The second kappa shape index (κ2) is 9.34. The van der Waals surface area contributed by atoms with Crippen molar-refractivity contribution < 1.29 is 22.7 Å². The molecule has 0 radical (unpaired) electrons. The first kappa shape index (κ1) is 21.2. The number of carbonyl (C=O) groups excluding carboxylic acids is 2. The quantitative estimate of drug-likeness (QED) is 0.550. The molecule has 0 saturated carbocycles. The topological polar surface area (TPSA) is 106 Å². The number of rotatable bonds is 6. The second-order valence-corrected chi connectivity index (χ2v) is 8.75. The van der Waals surface area contributed by atoms with Crippen LogP contribution in [0, 0.1) is 0 Å². The van der Waals surface area contributed by atoms with Crippen molar-refractivity contribution in [2.75, 3.05) is 25.0 Å². The Bertz CT molecular complexity index is 989. The molecule has 0 aliphatic carbocycles. The Morgan fingerprint density at radius 2 is 1.79 bits per heavy atom. The van der Waals surface area contributed by atoms with Gasteiger partial charge in [0.1, 0.15) is 5.15 Å². The molecule has 0 spiro atoms. The number of ether oxygens (including phenoxy) is 1. The minimum Gasteiger partial charge on any atom is -0.452 e. The number of hydrogen-bond acceptors (Lipinski definition) is 6. The molecular weight excluding hydrogens is 418 g/mol. The molecule has 1 aliphatic rings. The zero-order chi connectivity index (χ0) is 20.9. The molecule has 0 atom stereocenters. The third-order valence-electron chi connectivity index (χ3n) is 4.40. The molecular formula is C19H20ClN3O5S. The lowest BCUT2D eigenvalue weighted by molar-refractivity contribution is -0.119. The first-order valence-electron chi connectivity index (χ1n) is 9.05. The molecule has 10 heteroatoms. The van der Waals surface area contributed by atoms with Crippen LogP contribution in [0.5, 0.6) is 0 Å². The average molecular weight is 438 g/mol. The zero-order valence-corrected chi connectivity index (χ0v) is 17.1. The van der Waals surface area contributed by atoms with Crippen LogP contribution >= 0.6 is 11.6 Å². The molecule has 8 nitrogen and oxygen atoms in total. The van der Waals surface area contributed by atoms with Crippen LogP contribution in [-0.2, 0) is 19.6 Å². The van der Waals surface area contributed by atoms with E-state index < -0.39 is 28.5 Å². The van der Waals surface area contributed by atoms with Gasteiger partial charge in [0.25, 0.3) is 5.91 Å². The van der Waals surface area contributed by atoms with Crippen LogP contribution in [0.3, 0.4) is 0 Å². The molecule has 3 rings (SSSR count). The number of amides is 1. The van der Waals surface area contributed by atoms with Crippen molar-refractivity contribution in [2.24, 2.45) is 0 Å². The largest absolute Gasteiger partial charge is 0.452 e. The summed E-state index contributed by atoms with van der Waals surface area (Å²) in [7, 11) is -3.53. The highest BCUT2D eigenvalue weighted by Gasteiger charge is 2.25. The molecule has 1 amide bonds. The van der Waals surface area contributed by atoms with Gasteiger partial charge in [-0.05, 0) is 49.2 Å². The lowest BCUT2D eigenvalue weighted by Crippen LogP contribution is -2.35. The number of hydrogen-bond donors (Lipinski definition) is 1. The average Bonchev–Trinajstić information content (AvgIpc) is 2.73. The summed E-state index contributed by atoms with van der Waals surface area (Å²) in [6, 6.07) is 8.85. The van der Waals surface area contributed by atoms with E-state index >= 15 is 0 Å². The molecule has 2 aromatic rings. The first-order chi connectivity index (χ1) is 13.9. The summed E-state index contributed by atoms with van der Waals surface area (Å²) < 4.78 is 31.7. The van der Waals surface area contributed by atoms with Gasteiger partial charge in [-0.3, -0.25) is 4.79 Å². The van der Waals surface area contributed by atoms with Crippen LogP contribution in [-0.4, -0.2) is 49.3 Å². The van der Waals surface area contributed by atoms with Crippen LogP contribution in [0.15, 0.2) is 47.5 Å². The summed E-state index contributed by atoms with van der Waals surface area (Å²) in [6.45, 7) is 0.526. The van der Waals surface area contributed by atoms with Gasteiger partial charge < -0.3 is 10.1 Å². The summed E-state index contributed by atoms with van der Waals surface area (Å²) in [5.41, 5.74) is 0.456. The first-order valence-corrected chi connectivity index (χ1v) is 10.9. The normalized spacial score (nSPS) is 14.9. The van der Waals surface area contributed by atoms with Crippen LogP contribution in [0.25, 0.3) is 0 Å². The molecule has 1 N–H and O–H groups in total. The van der Waals surface area contributed by atoms with E-state index in [1.165, 1.54) is 46.9 Å². The second-order valence-electron chi connectivity index (χ2n) is 6.46. The van der Waals surface area contributed by atoms with E-state index in [1.54, 1.807) is 0 Å². The van der Waals surface area contributed by atoms with Crippen molar-refractivity contribution in [3.05, 3.63) is 53.3 Å². The molecule has 1 fully saturated rings. The minimum absolute atomic E-state index is 0.0107. The molecule has 1 saturated heterocycles. The standard InChI is InChI=1S/C19H20ClN3O5S/c20-18-16(5-4-10-21-18)19(25)28-13-17(24)22-14-6-8-15(9-7-14)29(26,27)23-11-2-1-3-12-23/h4-10H,1-3,11-13H2,(H,22,24). The predicted octanol–water partition coefficient (Wildman–Crippen LogP) is 2.71. The third kappa shape index (κ3) is 5.31. The Morgan fingerprint density at radius 3 is 2.45 bits per heavy atom. The molecule has 1 aromatic carbocycles. The van der Waals surface area contributed by atoms with Gasteiger partial charge in [0.05, 0.1) is 10.5 Å². The fourth-order valence-electron chi connectivity index (χ4n) is 2.91. The molecule has 154 valence electrons. The maximum absolute atomic E-state index is 12.6. The monoisotopic (exact) mass is 437 g/mol. The maximum Gasteiger partial charge on any atom is 0.341 e. The van der Waals surface area contributed by atoms with Crippen molar-refractivity contribution in [2.45, 2.75) is 24.2 Å². The fraction of sp³-hybridized carbons (Fsp3) is 0.316. The minimum atomic E-state index is -3.53. The number of nitrogens with one attached hydrogen (secondary N) is 1. The van der Waals surface area contributed by atoms with Crippen LogP contribution in [0.2, 0.25) is 5.15 Å². The highest BCUT2D eigenvalue weighted by molar-refractivity contribution is 7.89. The summed E-state index contributed by atoms with van der Waals surface area (Å²) in [5.74, 6) is -1.33. The fourth-order valence-corrected chi connectivity index (χ4v) is 4.62. The van der Waals surface area contributed by atoms with E-state index in [4.69, 9.17) is 16.3 Å². The van der Waals surface area contributed by atoms with Gasteiger partial charge in [-0.1, -0.05) is 18.0 Å². The summed E-state index contributed by atoms with van der Waals surface area (Å²) in [6.07, 6.45) is 4.18. The van der Waals surface area contributed by atoms with Gasteiger partial charge >= 0.3 is 5.97 Å². The Hall–Kier alpha value is -2.49. The number of halogens is 1. The van der Waals surface area contributed by atoms with Gasteiger partial charge in [-0.15, -0.1) is 0 Å². The number of sulfonamides is 1. The van der Waals surface area contributed by atoms with Crippen LogP contribution < -0.4 is 5.32 Å². The molecule has 1 aliphatic heterocycles. The van der Waals surface area contributed by atoms with Gasteiger partial charge in [-0.2, -0.15) is 4.31 Å². The van der Waals surface area contributed by atoms with Crippen molar-refractivity contribution in [3.63, 3.8) is 0 Å². The maximum atomic E-state index is 12.6. The lowest BCUT2D eigenvalue weighted by Gasteiger charge is -2.25. The van der Waals surface area contributed by atoms with E-state index in [0.29, 0.717) is 18.8 Å². The van der Waals surface area contributed by atoms with Crippen molar-refractivity contribution in [1.29, 1.82) is 0 Å². The predicted molar refractivity (Wildman–Crippen MR) is 107 cm³/mol. The van der Waals surface area contributed by atoms with Gasteiger partial charge in [-0.25, -0.2) is 18.2 Å². The number of benzene rings is 1. The Morgan fingerprint density at radius 1 is 1.10 bits per heavy atom. The SMILES string of the molecule is O=C(COC(=O)c1cccnc1Cl)Nc1ccc(S(=O)(=O)N2CCCCC2)cc1. The molecule has 0 bridgehead atoms. The van der Waals surface area contributed by atoms with E-state index in [9.17, 15) is 18.0 Å². The number of esters is 1. The Labute approximate surface area is 173 Å². The van der Waals surface area contributed by atoms with E-state index in [2.05, 4.69) is 10.3 Å². The third-order valence-corrected chi connectivity index (χ3v) is 6.62.